The van der Waals surface area contributed by atoms with E-state index in [1.54, 1.807) is 0 Å². The Morgan fingerprint density at radius 3 is 2.41 bits per heavy atom. The van der Waals surface area contributed by atoms with Gasteiger partial charge in [0.25, 0.3) is 0 Å². The number of hydrogen-bond donors (Lipinski definition) is 2. The van der Waals surface area contributed by atoms with E-state index < -0.39 is 18.0 Å². The fourth-order valence-electron chi connectivity index (χ4n) is 1.47. The maximum Gasteiger partial charge on any atom is 0.405 e. The van der Waals surface area contributed by atoms with E-state index in [0.717, 1.165) is 12.4 Å². The van der Waals surface area contributed by atoms with Crippen LogP contribution in [0.4, 0.5) is 9.18 Å². The van der Waals surface area contributed by atoms with Gasteiger partial charge in [-0.3, -0.25) is 0 Å². The minimum atomic E-state index is -1.15. The minimum Gasteiger partial charge on any atom is -0.465 e. The number of aromatic nitrogens is 2. The molecule has 5 nitrogen and oxygen atoms in total. The summed E-state index contributed by atoms with van der Waals surface area (Å²) in [5.74, 6) is -0.262. The van der Waals surface area contributed by atoms with E-state index in [-0.39, 0.29) is 11.2 Å². The van der Waals surface area contributed by atoms with Crippen LogP contribution in [0.5, 0.6) is 0 Å². The van der Waals surface area contributed by atoms with Crippen LogP contribution in [-0.2, 0) is 0 Å². The molecule has 0 aliphatic carbocycles. The number of halogens is 1. The van der Waals surface area contributed by atoms with Crippen molar-refractivity contribution in [2.24, 2.45) is 5.41 Å². The van der Waals surface area contributed by atoms with E-state index in [9.17, 15) is 9.18 Å². The topological polar surface area (TPSA) is 75.1 Å². The summed E-state index contributed by atoms with van der Waals surface area (Å²) in [5.41, 5.74) is -0.0924. The zero-order chi connectivity index (χ0) is 13.1. The molecule has 1 heterocycles. The molecule has 0 aliphatic heterocycles. The first-order valence-corrected chi connectivity index (χ1v) is 5.25. The van der Waals surface area contributed by atoms with Gasteiger partial charge in [0.1, 0.15) is 0 Å². The van der Waals surface area contributed by atoms with Crippen LogP contribution in [-0.4, -0.2) is 21.2 Å². The van der Waals surface area contributed by atoms with Gasteiger partial charge in [-0.15, -0.1) is 0 Å². The highest BCUT2D eigenvalue weighted by atomic mass is 19.1. The van der Waals surface area contributed by atoms with E-state index in [1.165, 1.54) is 0 Å². The molecule has 1 amide bonds. The maximum absolute atomic E-state index is 12.7. The van der Waals surface area contributed by atoms with Gasteiger partial charge in [0, 0.05) is 0 Å². The van der Waals surface area contributed by atoms with Crippen molar-refractivity contribution in [1.29, 1.82) is 0 Å². The smallest absolute Gasteiger partial charge is 0.405 e. The number of amides is 1. The lowest BCUT2D eigenvalue weighted by Crippen LogP contribution is -2.31. The van der Waals surface area contributed by atoms with Crippen molar-refractivity contribution in [3.05, 3.63) is 24.0 Å². The highest BCUT2D eigenvalue weighted by Crippen LogP contribution is 2.27. The average molecular weight is 241 g/mol. The molecular formula is C11H16FN3O2. The molecule has 0 aromatic carbocycles. The number of rotatable bonds is 3. The Kier molecular flexibility index (Phi) is 3.98. The summed E-state index contributed by atoms with van der Waals surface area (Å²) in [6, 6.07) is -0.534. The first-order valence-electron chi connectivity index (χ1n) is 5.25. The lowest BCUT2D eigenvalue weighted by atomic mass is 9.88. The number of carboxylic acid groups (broad SMARTS) is 1. The fraction of sp³-hybridized carbons (Fsp3) is 0.545. The summed E-state index contributed by atoms with van der Waals surface area (Å²) in [4.78, 5) is 18.3. The Labute approximate surface area is 99.1 Å². The normalized spacial score (nSPS) is 13.2. The van der Waals surface area contributed by atoms with Crippen LogP contribution in [0.1, 0.15) is 39.1 Å². The first-order chi connectivity index (χ1) is 7.78. The summed E-state index contributed by atoms with van der Waals surface area (Å²) in [5, 5.41) is 11.1. The Balaban J connectivity index is 2.89. The Morgan fingerprint density at radius 2 is 2.00 bits per heavy atom. The summed E-state index contributed by atoms with van der Waals surface area (Å²) in [7, 11) is 0. The molecule has 1 atom stereocenters. The SMILES string of the molecule is CC(C)(C)CC(NC(=O)O)c1ncc(F)cn1. The van der Waals surface area contributed by atoms with Gasteiger partial charge in [0.15, 0.2) is 11.6 Å². The van der Waals surface area contributed by atoms with Crippen LogP contribution in [0, 0.1) is 11.2 Å². The van der Waals surface area contributed by atoms with Crippen LogP contribution in [0.25, 0.3) is 0 Å². The summed E-state index contributed by atoms with van der Waals surface area (Å²) < 4.78 is 12.7. The summed E-state index contributed by atoms with van der Waals surface area (Å²) in [6.07, 6.45) is 1.45. The molecule has 1 unspecified atom stereocenters. The Morgan fingerprint density at radius 1 is 1.47 bits per heavy atom. The predicted molar refractivity (Wildman–Crippen MR) is 60.0 cm³/mol. The quantitative estimate of drug-likeness (QED) is 0.851. The van der Waals surface area contributed by atoms with E-state index >= 15 is 0 Å². The van der Waals surface area contributed by atoms with Gasteiger partial charge < -0.3 is 10.4 Å². The van der Waals surface area contributed by atoms with Gasteiger partial charge in [-0.2, -0.15) is 0 Å². The lowest BCUT2D eigenvalue weighted by molar-refractivity contribution is 0.183. The van der Waals surface area contributed by atoms with Crippen LogP contribution in [0.3, 0.4) is 0 Å². The van der Waals surface area contributed by atoms with Gasteiger partial charge in [-0.1, -0.05) is 20.8 Å². The van der Waals surface area contributed by atoms with Gasteiger partial charge >= 0.3 is 6.09 Å². The third-order valence-electron chi connectivity index (χ3n) is 2.07. The lowest BCUT2D eigenvalue weighted by Gasteiger charge is -2.24. The Bertz CT molecular complexity index is 387. The molecule has 1 rings (SSSR count). The van der Waals surface area contributed by atoms with Crippen molar-refractivity contribution >= 4 is 6.09 Å². The van der Waals surface area contributed by atoms with Crippen LogP contribution < -0.4 is 5.32 Å². The minimum absolute atomic E-state index is 0.0924. The molecule has 1 aromatic rings. The van der Waals surface area contributed by atoms with Crippen molar-refractivity contribution < 1.29 is 14.3 Å². The fourth-order valence-corrected chi connectivity index (χ4v) is 1.47. The molecule has 2 N–H and O–H groups in total. The average Bonchev–Trinajstić information content (AvgIpc) is 2.14. The number of nitrogens with zero attached hydrogens (tertiary/aromatic N) is 2. The van der Waals surface area contributed by atoms with Gasteiger partial charge in [0.05, 0.1) is 18.4 Å². The molecule has 0 radical (unpaired) electrons. The molecule has 0 spiro atoms. The molecule has 0 aliphatic rings. The van der Waals surface area contributed by atoms with E-state index in [4.69, 9.17) is 5.11 Å². The molecule has 0 saturated heterocycles. The molecule has 17 heavy (non-hydrogen) atoms. The predicted octanol–water partition coefficient (Wildman–Crippen LogP) is 2.36. The van der Waals surface area contributed by atoms with E-state index in [1.807, 2.05) is 20.8 Å². The number of carbonyl (C=O) groups is 1. The van der Waals surface area contributed by atoms with Crippen LogP contribution in [0.2, 0.25) is 0 Å². The zero-order valence-corrected chi connectivity index (χ0v) is 10.1. The van der Waals surface area contributed by atoms with Crippen molar-refractivity contribution in [3.63, 3.8) is 0 Å². The molecule has 1 aromatic heterocycles. The Hall–Kier alpha value is -1.72. The van der Waals surface area contributed by atoms with Crippen LogP contribution >= 0.6 is 0 Å². The molecule has 94 valence electrons. The van der Waals surface area contributed by atoms with Crippen molar-refractivity contribution in [2.45, 2.75) is 33.2 Å². The van der Waals surface area contributed by atoms with Gasteiger partial charge in [0.2, 0.25) is 0 Å². The molecule has 0 fully saturated rings. The van der Waals surface area contributed by atoms with Crippen LogP contribution in [0.15, 0.2) is 12.4 Å². The monoisotopic (exact) mass is 241 g/mol. The van der Waals surface area contributed by atoms with Gasteiger partial charge in [-0.25, -0.2) is 19.2 Å². The molecular weight excluding hydrogens is 225 g/mol. The molecule has 0 saturated carbocycles. The summed E-state index contributed by atoms with van der Waals surface area (Å²) in [6.45, 7) is 5.94. The number of hydrogen-bond acceptors (Lipinski definition) is 3. The highest BCUT2D eigenvalue weighted by Gasteiger charge is 2.23. The van der Waals surface area contributed by atoms with Gasteiger partial charge in [-0.05, 0) is 11.8 Å². The summed E-state index contributed by atoms with van der Waals surface area (Å²) >= 11 is 0. The standard InChI is InChI=1S/C11H16FN3O2/c1-11(2,3)4-8(15-10(16)17)9-13-5-7(12)6-14-9/h5-6,8,15H,4H2,1-3H3,(H,16,17). The second-order valence-electron chi connectivity index (χ2n) is 5.03. The van der Waals surface area contributed by atoms with Crippen molar-refractivity contribution in [1.82, 2.24) is 15.3 Å². The van der Waals surface area contributed by atoms with E-state index in [0.29, 0.717) is 6.42 Å². The molecule has 6 heteroatoms. The maximum atomic E-state index is 12.7. The highest BCUT2D eigenvalue weighted by molar-refractivity contribution is 5.65. The van der Waals surface area contributed by atoms with Crippen molar-refractivity contribution in [2.75, 3.05) is 0 Å². The van der Waals surface area contributed by atoms with E-state index in [2.05, 4.69) is 15.3 Å². The second kappa shape index (κ2) is 5.07. The first kappa shape index (κ1) is 13.3. The molecule has 0 bridgehead atoms. The third kappa shape index (κ3) is 4.76. The second-order valence-corrected chi connectivity index (χ2v) is 5.03. The third-order valence-corrected chi connectivity index (χ3v) is 2.07. The zero-order valence-electron chi connectivity index (χ0n) is 10.1. The number of nitrogens with one attached hydrogen (secondary N) is 1. The van der Waals surface area contributed by atoms with Crippen molar-refractivity contribution in [3.8, 4) is 0 Å². The largest absolute Gasteiger partial charge is 0.465 e.